The summed E-state index contributed by atoms with van der Waals surface area (Å²) in [6.07, 6.45) is 2.33. The molecule has 10 heteroatoms. The Morgan fingerprint density at radius 1 is 1.10 bits per heavy atom. The smallest absolute Gasteiger partial charge is 0.258 e. The van der Waals surface area contributed by atoms with Crippen molar-refractivity contribution in [3.8, 4) is 5.75 Å². The number of carbonyl (C=O) groups is 2. The van der Waals surface area contributed by atoms with E-state index in [0.717, 1.165) is 0 Å². The second-order valence-corrected chi connectivity index (χ2v) is 8.61. The standard InChI is InChI=1S/C19H23N3O5S2/c1-28-12-11-17(22-18(23)13-27-15-5-3-2-4-6-15)19(24)21-14-7-9-16(10-8-14)29(20,25)26/h2-10,17H,11-13H2,1H3,(H,21,24)(H,22,23)(H2,20,25,26)/t17-/m1/s1. The van der Waals surface area contributed by atoms with Gasteiger partial charge in [0.25, 0.3) is 5.91 Å². The molecule has 0 radical (unpaired) electrons. The number of nitrogens with two attached hydrogens (primary N) is 1. The van der Waals surface area contributed by atoms with Crippen LogP contribution in [0.2, 0.25) is 0 Å². The summed E-state index contributed by atoms with van der Waals surface area (Å²) in [7, 11) is -3.81. The predicted molar refractivity (Wildman–Crippen MR) is 113 cm³/mol. The number of sulfonamides is 1. The summed E-state index contributed by atoms with van der Waals surface area (Å²) in [6.45, 7) is -0.212. The second kappa shape index (κ2) is 10.8. The molecule has 0 aliphatic heterocycles. The van der Waals surface area contributed by atoms with Gasteiger partial charge in [-0.25, -0.2) is 13.6 Å². The summed E-state index contributed by atoms with van der Waals surface area (Å²) in [5.74, 6) is 0.403. The van der Waals surface area contributed by atoms with Gasteiger partial charge in [-0.2, -0.15) is 11.8 Å². The van der Waals surface area contributed by atoms with Crippen molar-refractivity contribution in [2.45, 2.75) is 17.4 Å². The molecule has 0 fully saturated rings. The minimum Gasteiger partial charge on any atom is -0.484 e. The zero-order chi connectivity index (χ0) is 21.3. The molecule has 2 aromatic rings. The number of hydrogen-bond donors (Lipinski definition) is 3. The van der Waals surface area contributed by atoms with Gasteiger partial charge >= 0.3 is 0 Å². The quantitative estimate of drug-likeness (QED) is 0.518. The van der Waals surface area contributed by atoms with Crippen LogP contribution >= 0.6 is 11.8 Å². The van der Waals surface area contributed by atoms with Crippen LogP contribution in [0.15, 0.2) is 59.5 Å². The van der Waals surface area contributed by atoms with E-state index >= 15 is 0 Å². The van der Waals surface area contributed by atoms with Crippen molar-refractivity contribution in [1.82, 2.24) is 5.32 Å². The van der Waals surface area contributed by atoms with Gasteiger partial charge in [-0.3, -0.25) is 9.59 Å². The highest BCUT2D eigenvalue weighted by molar-refractivity contribution is 7.98. The van der Waals surface area contributed by atoms with Gasteiger partial charge in [0.05, 0.1) is 4.90 Å². The van der Waals surface area contributed by atoms with Gasteiger partial charge in [0, 0.05) is 5.69 Å². The summed E-state index contributed by atoms with van der Waals surface area (Å²) in [4.78, 5) is 24.7. The molecule has 2 aromatic carbocycles. The fraction of sp³-hybridized carbons (Fsp3) is 0.263. The Labute approximate surface area is 174 Å². The molecule has 0 aliphatic rings. The van der Waals surface area contributed by atoms with Crippen LogP contribution in [0.1, 0.15) is 6.42 Å². The number of primary sulfonamides is 1. The van der Waals surface area contributed by atoms with Crippen LogP contribution in [0.3, 0.4) is 0 Å². The van der Waals surface area contributed by atoms with Crippen molar-refractivity contribution < 1.29 is 22.7 Å². The van der Waals surface area contributed by atoms with Crippen LogP contribution in [0, 0.1) is 0 Å². The normalized spacial score (nSPS) is 12.1. The Hall–Kier alpha value is -2.56. The molecule has 0 heterocycles. The van der Waals surface area contributed by atoms with E-state index in [1.807, 2.05) is 12.3 Å². The molecule has 1 atom stereocenters. The van der Waals surface area contributed by atoms with E-state index < -0.39 is 27.9 Å². The zero-order valence-electron chi connectivity index (χ0n) is 15.8. The molecule has 2 rings (SSSR count). The molecule has 29 heavy (non-hydrogen) atoms. The van der Waals surface area contributed by atoms with E-state index in [0.29, 0.717) is 23.6 Å². The molecular formula is C19H23N3O5S2. The number of para-hydroxylation sites is 1. The second-order valence-electron chi connectivity index (χ2n) is 6.06. The number of hydrogen-bond acceptors (Lipinski definition) is 6. The van der Waals surface area contributed by atoms with Crippen LogP contribution < -0.4 is 20.5 Å². The number of anilines is 1. The first-order valence-electron chi connectivity index (χ1n) is 8.69. The minimum absolute atomic E-state index is 0.0548. The zero-order valence-corrected chi connectivity index (χ0v) is 17.5. The van der Waals surface area contributed by atoms with Crippen molar-refractivity contribution in [2.24, 2.45) is 5.14 Å². The first-order chi connectivity index (χ1) is 13.8. The molecule has 8 nitrogen and oxygen atoms in total. The Bertz CT molecular complexity index is 919. The fourth-order valence-electron chi connectivity index (χ4n) is 2.36. The molecule has 0 aromatic heterocycles. The van der Waals surface area contributed by atoms with Crippen LogP contribution in [0.5, 0.6) is 5.75 Å². The highest BCUT2D eigenvalue weighted by Gasteiger charge is 2.21. The molecule has 0 saturated carbocycles. The topological polar surface area (TPSA) is 128 Å². The van der Waals surface area contributed by atoms with Crippen molar-refractivity contribution in [3.05, 3.63) is 54.6 Å². The average molecular weight is 438 g/mol. The van der Waals surface area contributed by atoms with E-state index in [4.69, 9.17) is 9.88 Å². The third kappa shape index (κ3) is 7.76. The Kier molecular flexibility index (Phi) is 8.50. The largest absolute Gasteiger partial charge is 0.484 e. The van der Waals surface area contributed by atoms with E-state index in [-0.39, 0.29) is 11.5 Å². The van der Waals surface area contributed by atoms with Crippen LogP contribution in [-0.4, -0.2) is 44.9 Å². The maximum atomic E-state index is 12.6. The van der Waals surface area contributed by atoms with Crippen LogP contribution in [-0.2, 0) is 19.6 Å². The number of ether oxygens (including phenoxy) is 1. The van der Waals surface area contributed by atoms with Gasteiger partial charge in [0.1, 0.15) is 11.8 Å². The average Bonchev–Trinajstić information content (AvgIpc) is 2.70. The Balaban J connectivity index is 1.96. The Morgan fingerprint density at radius 2 is 1.76 bits per heavy atom. The lowest BCUT2D eigenvalue weighted by molar-refractivity contribution is -0.127. The maximum Gasteiger partial charge on any atom is 0.258 e. The molecule has 4 N–H and O–H groups in total. The first-order valence-corrected chi connectivity index (χ1v) is 11.6. The lowest BCUT2D eigenvalue weighted by Gasteiger charge is -2.18. The summed E-state index contributed by atoms with van der Waals surface area (Å²) >= 11 is 1.55. The number of rotatable bonds is 10. The number of thioether (sulfide) groups is 1. The van der Waals surface area contributed by atoms with Gasteiger partial charge in [-0.05, 0) is 54.8 Å². The van der Waals surface area contributed by atoms with Gasteiger partial charge in [0.2, 0.25) is 15.9 Å². The predicted octanol–water partition coefficient (Wildman–Crippen LogP) is 1.59. The van der Waals surface area contributed by atoms with E-state index in [9.17, 15) is 18.0 Å². The maximum absolute atomic E-state index is 12.6. The van der Waals surface area contributed by atoms with Crippen molar-refractivity contribution in [2.75, 3.05) is 23.9 Å². The number of nitrogens with one attached hydrogen (secondary N) is 2. The summed E-state index contributed by atoms with van der Waals surface area (Å²) in [5.41, 5.74) is 0.395. The van der Waals surface area contributed by atoms with Crippen LogP contribution in [0.4, 0.5) is 5.69 Å². The minimum atomic E-state index is -3.81. The molecular weight excluding hydrogens is 414 g/mol. The molecule has 0 saturated heterocycles. The van der Waals surface area contributed by atoms with Crippen LogP contribution in [0.25, 0.3) is 0 Å². The van der Waals surface area contributed by atoms with Crippen molar-refractivity contribution in [1.29, 1.82) is 0 Å². The fourth-order valence-corrected chi connectivity index (χ4v) is 3.35. The third-order valence-electron chi connectivity index (χ3n) is 3.83. The SMILES string of the molecule is CSCC[C@@H](NC(=O)COc1ccccc1)C(=O)Nc1ccc(S(N)(=O)=O)cc1. The molecule has 2 amide bonds. The summed E-state index contributed by atoms with van der Waals surface area (Å²) in [5, 5.41) is 10.4. The lowest BCUT2D eigenvalue weighted by Crippen LogP contribution is -2.45. The highest BCUT2D eigenvalue weighted by Crippen LogP contribution is 2.14. The molecule has 156 valence electrons. The molecule has 0 spiro atoms. The first kappa shape index (κ1) is 22.7. The monoisotopic (exact) mass is 437 g/mol. The molecule has 0 unspecified atom stereocenters. The number of amides is 2. The van der Waals surface area contributed by atoms with E-state index in [2.05, 4.69) is 10.6 Å². The van der Waals surface area contributed by atoms with Gasteiger partial charge in [0.15, 0.2) is 6.61 Å². The summed E-state index contributed by atoms with van der Waals surface area (Å²) < 4.78 is 28.0. The number of carbonyl (C=O) groups excluding carboxylic acids is 2. The molecule has 0 aliphatic carbocycles. The number of benzene rings is 2. The van der Waals surface area contributed by atoms with Crippen molar-refractivity contribution >= 4 is 39.3 Å². The summed E-state index contributed by atoms with van der Waals surface area (Å²) in [6, 6.07) is 13.6. The Morgan fingerprint density at radius 3 is 2.34 bits per heavy atom. The van der Waals surface area contributed by atoms with Gasteiger partial charge in [-0.15, -0.1) is 0 Å². The van der Waals surface area contributed by atoms with Crippen molar-refractivity contribution in [3.63, 3.8) is 0 Å². The highest BCUT2D eigenvalue weighted by atomic mass is 32.2. The van der Waals surface area contributed by atoms with E-state index in [1.54, 1.807) is 36.0 Å². The lowest BCUT2D eigenvalue weighted by atomic mass is 10.2. The molecule has 0 bridgehead atoms. The third-order valence-corrected chi connectivity index (χ3v) is 5.40. The van der Waals surface area contributed by atoms with Gasteiger partial charge in [-0.1, -0.05) is 18.2 Å². The van der Waals surface area contributed by atoms with Gasteiger partial charge < -0.3 is 15.4 Å². The van der Waals surface area contributed by atoms with E-state index in [1.165, 1.54) is 24.3 Å².